The molecule has 6 heteroatoms. The molecule has 0 aliphatic carbocycles. The van der Waals surface area contributed by atoms with Gasteiger partial charge in [-0.1, -0.05) is 78.9 Å². The number of anilines is 2. The number of para-hydroxylation sites is 3. The van der Waals surface area contributed by atoms with Gasteiger partial charge in [0, 0.05) is 5.39 Å². The van der Waals surface area contributed by atoms with Gasteiger partial charge in [0.15, 0.2) is 0 Å². The maximum absolute atomic E-state index is 13.3. The van der Waals surface area contributed by atoms with Gasteiger partial charge in [0.2, 0.25) is 11.7 Å². The molecule has 6 nitrogen and oxygen atoms in total. The van der Waals surface area contributed by atoms with Crippen molar-refractivity contribution in [2.75, 3.05) is 17.2 Å². The summed E-state index contributed by atoms with van der Waals surface area (Å²) in [7, 11) is 0. The van der Waals surface area contributed by atoms with Crippen LogP contribution in [0.4, 0.5) is 11.4 Å². The zero-order valence-electron chi connectivity index (χ0n) is 20.4. The van der Waals surface area contributed by atoms with Gasteiger partial charge >= 0.3 is 0 Å². The number of furan rings is 1. The Balaban J connectivity index is 1.37. The van der Waals surface area contributed by atoms with Gasteiger partial charge in [0.25, 0.3) is 5.91 Å². The number of fused-ring (bicyclic) bond motifs is 1. The second-order valence-corrected chi connectivity index (χ2v) is 8.47. The van der Waals surface area contributed by atoms with E-state index in [0.29, 0.717) is 34.7 Å². The summed E-state index contributed by atoms with van der Waals surface area (Å²) in [4.78, 5) is 26.3. The van der Waals surface area contributed by atoms with Crippen molar-refractivity contribution in [3.05, 3.63) is 114 Å². The standard InChI is InChI=1S/C31H26N2O4/c1-2-36-27-15-9-7-13-25(27)32-31(35)30-29(24-12-6-8-14-26(24)37-30)33-28(34)20-21-16-18-23(19-17-21)22-10-4-3-5-11-22/h3-19H,2,20H2,1H3,(H,32,35)(H,33,34). The first-order valence-corrected chi connectivity index (χ1v) is 12.1. The average Bonchev–Trinajstić information content (AvgIpc) is 3.29. The summed E-state index contributed by atoms with van der Waals surface area (Å²) in [6, 6.07) is 32.3. The van der Waals surface area contributed by atoms with Crippen LogP contribution in [-0.2, 0) is 11.2 Å². The lowest BCUT2D eigenvalue weighted by Crippen LogP contribution is -2.18. The van der Waals surface area contributed by atoms with Crippen LogP contribution in [0, 0.1) is 0 Å². The molecule has 2 amide bonds. The Labute approximate surface area is 214 Å². The van der Waals surface area contributed by atoms with Crippen LogP contribution in [0.5, 0.6) is 5.75 Å². The fraction of sp³-hybridized carbons (Fsp3) is 0.0968. The van der Waals surface area contributed by atoms with Crippen LogP contribution in [0.25, 0.3) is 22.1 Å². The van der Waals surface area contributed by atoms with E-state index in [9.17, 15) is 9.59 Å². The zero-order chi connectivity index (χ0) is 25.6. The molecule has 0 fully saturated rings. The monoisotopic (exact) mass is 490 g/mol. The van der Waals surface area contributed by atoms with E-state index in [2.05, 4.69) is 10.6 Å². The molecule has 0 radical (unpaired) electrons. The van der Waals surface area contributed by atoms with Crippen LogP contribution >= 0.6 is 0 Å². The molecule has 4 aromatic carbocycles. The average molecular weight is 491 g/mol. The number of rotatable bonds is 8. The first-order valence-electron chi connectivity index (χ1n) is 12.1. The van der Waals surface area contributed by atoms with E-state index >= 15 is 0 Å². The molecule has 0 aliphatic heterocycles. The van der Waals surface area contributed by atoms with E-state index in [4.69, 9.17) is 9.15 Å². The Kier molecular flexibility index (Phi) is 6.99. The van der Waals surface area contributed by atoms with E-state index in [1.165, 1.54) is 0 Å². The molecule has 2 N–H and O–H groups in total. The fourth-order valence-electron chi connectivity index (χ4n) is 4.17. The van der Waals surface area contributed by atoms with Crippen molar-refractivity contribution in [2.24, 2.45) is 0 Å². The van der Waals surface area contributed by atoms with E-state index in [1.54, 1.807) is 18.2 Å². The van der Waals surface area contributed by atoms with Gasteiger partial charge in [-0.3, -0.25) is 9.59 Å². The molecule has 0 bridgehead atoms. The summed E-state index contributed by atoms with van der Waals surface area (Å²) >= 11 is 0. The molecule has 37 heavy (non-hydrogen) atoms. The lowest BCUT2D eigenvalue weighted by molar-refractivity contribution is -0.115. The van der Waals surface area contributed by atoms with E-state index in [-0.39, 0.29) is 18.1 Å². The minimum Gasteiger partial charge on any atom is -0.492 e. The highest BCUT2D eigenvalue weighted by molar-refractivity contribution is 6.15. The Morgan fingerprint density at radius 1 is 0.757 bits per heavy atom. The molecule has 5 rings (SSSR count). The highest BCUT2D eigenvalue weighted by Crippen LogP contribution is 2.33. The van der Waals surface area contributed by atoms with Crippen molar-refractivity contribution in [3.63, 3.8) is 0 Å². The van der Waals surface area contributed by atoms with Crippen molar-refractivity contribution in [2.45, 2.75) is 13.3 Å². The molecule has 5 aromatic rings. The lowest BCUT2D eigenvalue weighted by atomic mass is 10.0. The maximum Gasteiger partial charge on any atom is 0.293 e. The summed E-state index contributed by atoms with van der Waals surface area (Å²) in [5.41, 5.74) is 4.43. The number of benzene rings is 4. The molecule has 1 heterocycles. The number of nitrogens with one attached hydrogen (secondary N) is 2. The first kappa shape index (κ1) is 23.9. The third kappa shape index (κ3) is 5.38. The van der Waals surface area contributed by atoms with E-state index in [1.807, 2.05) is 91.9 Å². The molecule has 1 aromatic heterocycles. The quantitative estimate of drug-likeness (QED) is 0.247. The molecule has 0 saturated carbocycles. The van der Waals surface area contributed by atoms with Gasteiger partial charge < -0.3 is 19.8 Å². The van der Waals surface area contributed by atoms with E-state index < -0.39 is 5.91 Å². The normalized spacial score (nSPS) is 10.7. The Bertz CT molecular complexity index is 1540. The van der Waals surface area contributed by atoms with Crippen LogP contribution < -0.4 is 15.4 Å². The van der Waals surface area contributed by atoms with Crippen molar-refractivity contribution in [1.29, 1.82) is 0 Å². The highest BCUT2D eigenvalue weighted by Gasteiger charge is 2.23. The van der Waals surface area contributed by atoms with Gasteiger partial charge in [-0.2, -0.15) is 0 Å². The van der Waals surface area contributed by atoms with Crippen LogP contribution in [0.15, 0.2) is 108 Å². The number of carbonyl (C=O) groups is 2. The van der Waals surface area contributed by atoms with Gasteiger partial charge in [-0.25, -0.2) is 0 Å². The molecule has 184 valence electrons. The minimum atomic E-state index is -0.481. The van der Waals surface area contributed by atoms with Crippen LogP contribution in [0.3, 0.4) is 0 Å². The minimum absolute atomic E-state index is 0.0280. The molecule has 0 saturated heterocycles. The SMILES string of the molecule is CCOc1ccccc1NC(=O)c1oc2ccccc2c1NC(=O)Cc1ccc(-c2ccccc2)cc1. The Morgan fingerprint density at radius 2 is 1.43 bits per heavy atom. The molecule has 0 aliphatic rings. The predicted molar refractivity (Wildman–Crippen MR) is 146 cm³/mol. The molecular formula is C31H26N2O4. The number of carbonyl (C=O) groups excluding carboxylic acids is 2. The zero-order valence-corrected chi connectivity index (χ0v) is 20.4. The Morgan fingerprint density at radius 3 is 2.22 bits per heavy atom. The maximum atomic E-state index is 13.3. The topological polar surface area (TPSA) is 80.6 Å². The molecule has 0 spiro atoms. The van der Waals surface area contributed by atoms with Crippen molar-refractivity contribution in [1.82, 2.24) is 0 Å². The summed E-state index contributed by atoms with van der Waals surface area (Å²) < 4.78 is 11.5. The summed E-state index contributed by atoms with van der Waals surface area (Å²) in [5, 5.41) is 6.41. The van der Waals surface area contributed by atoms with Gasteiger partial charge in [0.1, 0.15) is 17.0 Å². The van der Waals surface area contributed by atoms with Crippen molar-refractivity contribution >= 4 is 34.2 Å². The van der Waals surface area contributed by atoms with Crippen LogP contribution in [0.2, 0.25) is 0 Å². The summed E-state index contributed by atoms with van der Waals surface area (Å²) in [6.45, 7) is 2.34. The highest BCUT2D eigenvalue weighted by atomic mass is 16.5. The van der Waals surface area contributed by atoms with Crippen LogP contribution in [0.1, 0.15) is 23.0 Å². The first-order chi connectivity index (χ1) is 18.1. The van der Waals surface area contributed by atoms with Gasteiger partial charge in [-0.15, -0.1) is 0 Å². The van der Waals surface area contributed by atoms with E-state index in [0.717, 1.165) is 16.7 Å². The number of hydrogen-bond donors (Lipinski definition) is 2. The van der Waals surface area contributed by atoms with Gasteiger partial charge in [0.05, 0.1) is 18.7 Å². The summed E-state index contributed by atoms with van der Waals surface area (Å²) in [5.74, 6) is -0.145. The smallest absolute Gasteiger partial charge is 0.293 e. The largest absolute Gasteiger partial charge is 0.492 e. The predicted octanol–water partition coefficient (Wildman–Crippen LogP) is 6.93. The van der Waals surface area contributed by atoms with Crippen molar-refractivity contribution in [3.8, 4) is 16.9 Å². The fourth-order valence-corrected chi connectivity index (χ4v) is 4.17. The molecular weight excluding hydrogens is 464 g/mol. The second kappa shape index (κ2) is 10.8. The number of amides is 2. The third-order valence-electron chi connectivity index (χ3n) is 5.93. The van der Waals surface area contributed by atoms with Gasteiger partial charge in [-0.05, 0) is 47.9 Å². The van der Waals surface area contributed by atoms with Crippen molar-refractivity contribution < 1.29 is 18.7 Å². The van der Waals surface area contributed by atoms with Crippen LogP contribution in [-0.4, -0.2) is 18.4 Å². The number of ether oxygens (including phenoxy) is 1. The lowest BCUT2D eigenvalue weighted by Gasteiger charge is -2.11. The number of hydrogen-bond acceptors (Lipinski definition) is 4. The third-order valence-corrected chi connectivity index (χ3v) is 5.93. The molecule has 0 unspecified atom stereocenters. The molecule has 0 atom stereocenters. The second-order valence-electron chi connectivity index (χ2n) is 8.47. The Hall–Kier alpha value is -4.84. The summed E-state index contributed by atoms with van der Waals surface area (Å²) in [6.07, 6.45) is 0.156.